The second-order valence-corrected chi connectivity index (χ2v) is 5.19. The Morgan fingerprint density at radius 2 is 1.55 bits per heavy atom. The molecule has 0 aliphatic heterocycles. The molecule has 1 aliphatic carbocycles. The largest absolute Gasteiger partial charge is 0.467 e. The molecule has 1 N–H and O–H groups in total. The van der Waals surface area contributed by atoms with E-state index in [9.17, 15) is 4.79 Å². The summed E-state index contributed by atoms with van der Waals surface area (Å²) >= 11 is 0. The fourth-order valence-electron chi connectivity index (χ4n) is 2.89. The first kappa shape index (κ1) is 12.7. The SMILES string of the molecule is COC(=O)C1(Nc2ccccc2)Cc2ccccc2C1. The second kappa shape index (κ2) is 5.00. The smallest absolute Gasteiger partial charge is 0.332 e. The molecular formula is C17H17NO2. The van der Waals surface area contributed by atoms with E-state index in [1.54, 1.807) is 0 Å². The number of para-hydroxylation sites is 1. The highest BCUT2D eigenvalue weighted by Crippen LogP contribution is 2.33. The van der Waals surface area contributed by atoms with Crippen molar-refractivity contribution >= 4 is 11.7 Å². The first-order valence-corrected chi connectivity index (χ1v) is 6.72. The van der Waals surface area contributed by atoms with Crippen LogP contribution < -0.4 is 5.32 Å². The van der Waals surface area contributed by atoms with E-state index in [2.05, 4.69) is 17.4 Å². The Balaban J connectivity index is 1.94. The van der Waals surface area contributed by atoms with E-state index in [1.807, 2.05) is 42.5 Å². The van der Waals surface area contributed by atoms with Gasteiger partial charge in [0, 0.05) is 18.5 Å². The van der Waals surface area contributed by atoms with Gasteiger partial charge in [-0.1, -0.05) is 42.5 Å². The molecule has 0 saturated heterocycles. The van der Waals surface area contributed by atoms with Crippen LogP contribution >= 0.6 is 0 Å². The maximum atomic E-state index is 12.3. The van der Waals surface area contributed by atoms with Crippen LogP contribution in [0.2, 0.25) is 0 Å². The Morgan fingerprint density at radius 1 is 1.00 bits per heavy atom. The Hall–Kier alpha value is -2.29. The van der Waals surface area contributed by atoms with Crippen molar-refractivity contribution in [3.05, 3.63) is 65.7 Å². The molecule has 102 valence electrons. The van der Waals surface area contributed by atoms with Gasteiger partial charge < -0.3 is 10.1 Å². The highest BCUT2D eigenvalue weighted by molar-refractivity contribution is 5.86. The van der Waals surface area contributed by atoms with E-state index >= 15 is 0 Å². The van der Waals surface area contributed by atoms with Crippen LogP contribution in [0.4, 0.5) is 5.69 Å². The fraction of sp³-hybridized carbons (Fsp3) is 0.235. The summed E-state index contributed by atoms with van der Waals surface area (Å²) in [6, 6.07) is 18.0. The van der Waals surface area contributed by atoms with Crippen molar-refractivity contribution in [2.75, 3.05) is 12.4 Å². The number of hydrogen-bond acceptors (Lipinski definition) is 3. The molecule has 0 aromatic heterocycles. The third-order valence-corrected chi connectivity index (χ3v) is 3.84. The van der Waals surface area contributed by atoms with Crippen molar-refractivity contribution in [1.29, 1.82) is 0 Å². The number of hydrogen-bond donors (Lipinski definition) is 1. The molecule has 3 heteroatoms. The van der Waals surface area contributed by atoms with Crippen molar-refractivity contribution in [3.63, 3.8) is 0 Å². The molecule has 20 heavy (non-hydrogen) atoms. The van der Waals surface area contributed by atoms with Crippen molar-refractivity contribution in [3.8, 4) is 0 Å². The number of fused-ring (bicyclic) bond motifs is 1. The third-order valence-electron chi connectivity index (χ3n) is 3.84. The van der Waals surface area contributed by atoms with Crippen molar-refractivity contribution in [2.45, 2.75) is 18.4 Å². The molecule has 3 nitrogen and oxygen atoms in total. The van der Waals surface area contributed by atoms with Gasteiger partial charge in [-0.2, -0.15) is 0 Å². The number of carbonyl (C=O) groups excluding carboxylic acids is 1. The topological polar surface area (TPSA) is 38.3 Å². The number of benzene rings is 2. The summed E-state index contributed by atoms with van der Waals surface area (Å²) in [5, 5.41) is 3.38. The van der Waals surface area contributed by atoms with E-state index in [1.165, 1.54) is 18.2 Å². The average Bonchev–Trinajstić information content (AvgIpc) is 2.86. The van der Waals surface area contributed by atoms with Crippen molar-refractivity contribution in [1.82, 2.24) is 0 Å². The Morgan fingerprint density at radius 3 is 2.10 bits per heavy atom. The molecule has 0 unspecified atom stereocenters. The molecule has 2 aromatic carbocycles. The number of methoxy groups -OCH3 is 1. The monoisotopic (exact) mass is 267 g/mol. The van der Waals surface area contributed by atoms with Crippen LogP contribution in [0.5, 0.6) is 0 Å². The quantitative estimate of drug-likeness (QED) is 0.869. The lowest BCUT2D eigenvalue weighted by molar-refractivity contribution is -0.145. The van der Waals surface area contributed by atoms with Gasteiger partial charge in [-0.25, -0.2) is 4.79 Å². The Bertz CT molecular complexity index is 597. The zero-order valence-electron chi connectivity index (χ0n) is 11.4. The van der Waals surface area contributed by atoms with E-state index < -0.39 is 5.54 Å². The van der Waals surface area contributed by atoms with Gasteiger partial charge in [0.2, 0.25) is 0 Å². The Kier molecular flexibility index (Phi) is 3.18. The van der Waals surface area contributed by atoms with E-state index in [-0.39, 0.29) is 5.97 Å². The van der Waals surface area contributed by atoms with Crippen LogP contribution in [-0.2, 0) is 22.4 Å². The van der Waals surface area contributed by atoms with Crippen LogP contribution in [0.3, 0.4) is 0 Å². The highest BCUT2D eigenvalue weighted by Gasteiger charge is 2.44. The number of nitrogens with one attached hydrogen (secondary N) is 1. The molecule has 3 rings (SSSR count). The van der Waals surface area contributed by atoms with Gasteiger partial charge in [-0.15, -0.1) is 0 Å². The molecule has 0 atom stereocenters. The van der Waals surface area contributed by atoms with Crippen LogP contribution in [-0.4, -0.2) is 18.6 Å². The summed E-state index contributed by atoms with van der Waals surface area (Å²) in [7, 11) is 1.44. The lowest BCUT2D eigenvalue weighted by Gasteiger charge is -2.28. The van der Waals surface area contributed by atoms with Gasteiger partial charge >= 0.3 is 5.97 Å². The summed E-state index contributed by atoms with van der Waals surface area (Å²) in [6.07, 6.45) is 1.31. The molecule has 0 fully saturated rings. The molecule has 0 radical (unpaired) electrons. The molecule has 0 saturated carbocycles. The molecule has 0 bridgehead atoms. The van der Waals surface area contributed by atoms with E-state index in [4.69, 9.17) is 4.74 Å². The lowest BCUT2D eigenvalue weighted by Crippen LogP contribution is -2.48. The average molecular weight is 267 g/mol. The molecule has 1 aliphatic rings. The van der Waals surface area contributed by atoms with Gasteiger partial charge in [0.1, 0.15) is 5.54 Å². The highest BCUT2D eigenvalue weighted by atomic mass is 16.5. The number of esters is 1. The maximum absolute atomic E-state index is 12.3. The maximum Gasteiger partial charge on any atom is 0.332 e. The summed E-state index contributed by atoms with van der Waals surface area (Å²) < 4.78 is 5.04. The fourth-order valence-corrected chi connectivity index (χ4v) is 2.89. The van der Waals surface area contributed by atoms with Gasteiger partial charge in [0.05, 0.1) is 7.11 Å². The minimum atomic E-state index is -0.695. The van der Waals surface area contributed by atoms with Gasteiger partial charge in [-0.3, -0.25) is 0 Å². The number of carbonyl (C=O) groups is 1. The van der Waals surface area contributed by atoms with Gasteiger partial charge in [0.15, 0.2) is 0 Å². The molecule has 0 spiro atoms. The molecule has 0 heterocycles. The van der Waals surface area contributed by atoms with Crippen LogP contribution in [0.15, 0.2) is 54.6 Å². The Labute approximate surface area is 118 Å². The van der Waals surface area contributed by atoms with Crippen LogP contribution in [0.25, 0.3) is 0 Å². The number of rotatable bonds is 3. The number of anilines is 1. The van der Waals surface area contributed by atoms with Crippen LogP contribution in [0, 0.1) is 0 Å². The summed E-state index contributed by atoms with van der Waals surface area (Å²) in [5.74, 6) is -0.211. The normalized spacial score (nSPS) is 15.4. The van der Waals surface area contributed by atoms with E-state index in [0.717, 1.165) is 5.69 Å². The first-order valence-electron chi connectivity index (χ1n) is 6.72. The minimum Gasteiger partial charge on any atom is -0.467 e. The molecule has 0 amide bonds. The van der Waals surface area contributed by atoms with Crippen LogP contribution in [0.1, 0.15) is 11.1 Å². The van der Waals surface area contributed by atoms with E-state index in [0.29, 0.717) is 12.8 Å². The zero-order chi connectivity index (χ0) is 14.0. The lowest BCUT2D eigenvalue weighted by atomic mass is 9.95. The molecular weight excluding hydrogens is 250 g/mol. The predicted octanol–water partition coefficient (Wildman–Crippen LogP) is 2.81. The second-order valence-electron chi connectivity index (χ2n) is 5.19. The molecule has 2 aromatic rings. The standard InChI is InChI=1S/C17H17NO2/c1-20-16(19)17(18-15-9-3-2-4-10-15)11-13-7-5-6-8-14(13)12-17/h2-10,18H,11-12H2,1H3. The predicted molar refractivity (Wildman–Crippen MR) is 78.7 cm³/mol. The van der Waals surface area contributed by atoms with Crippen molar-refractivity contribution < 1.29 is 9.53 Å². The summed E-state index contributed by atoms with van der Waals surface area (Å²) in [5.41, 5.74) is 2.66. The third kappa shape index (κ3) is 2.16. The minimum absolute atomic E-state index is 0.211. The van der Waals surface area contributed by atoms with Gasteiger partial charge in [-0.05, 0) is 23.3 Å². The number of ether oxygens (including phenoxy) is 1. The first-order chi connectivity index (χ1) is 9.73. The van der Waals surface area contributed by atoms with Gasteiger partial charge in [0.25, 0.3) is 0 Å². The summed E-state index contributed by atoms with van der Waals surface area (Å²) in [4.78, 5) is 12.3. The summed E-state index contributed by atoms with van der Waals surface area (Å²) in [6.45, 7) is 0. The zero-order valence-corrected chi connectivity index (χ0v) is 11.4. The van der Waals surface area contributed by atoms with Crippen molar-refractivity contribution in [2.24, 2.45) is 0 Å².